The Kier molecular flexibility index (Phi) is 8.50. The molecule has 0 spiro atoms. The highest BCUT2D eigenvalue weighted by Crippen LogP contribution is 2.17. The fourth-order valence-electron chi connectivity index (χ4n) is 1.68. The molecule has 0 aliphatic carbocycles. The summed E-state index contributed by atoms with van der Waals surface area (Å²) in [5.74, 6) is 0. The van der Waals surface area contributed by atoms with Gasteiger partial charge < -0.3 is 15.5 Å². The Balaban J connectivity index is 0.00000289. The molecule has 0 saturated heterocycles. The lowest BCUT2D eigenvalue weighted by atomic mass is 10.2. The zero-order valence-corrected chi connectivity index (χ0v) is 12.8. The molecule has 0 radical (unpaired) electrons. The van der Waals surface area contributed by atoms with Gasteiger partial charge in [-0.05, 0) is 57.3 Å². The van der Waals surface area contributed by atoms with E-state index in [1.165, 1.54) is 5.69 Å². The van der Waals surface area contributed by atoms with Gasteiger partial charge in [0.05, 0.1) is 0 Å². The number of anilines is 2. The maximum atomic E-state index is 5.13. The van der Waals surface area contributed by atoms with Crippen molar-refractivity contribution in [3.05, 3.63) is 24.3 Å². The molecule has 5 heteroatoms. The maximum Gasteiger partial charge on any atom is 0.170 e. The normalized spacial score (nSPS) is 9.28. The predicted molar refractivity (Wildman–Crippen MR) is 87.1 cm³/mol. The van der Waals surface area contributed by atoms with Crippen molar-refractivity contribution >= 4 is 41.1 Å². The summed E-state index contributed by atoms with van der Waals surface area (Å²) in [7, 11) is 0. The number of halogens is 1. The molecular weight excluding hydrogens is 266 g/mol. The standard InChI is InChI=1S/C13H21N3S.ClH/c1-4-14-13(17)15-11-7-9-12(10-8-11)16(5-2)6-3;/h7-10H,4-6H2,1-3H3,(H2,14,15,17);1H. The van der Waals surface area contributed by atoms with Crippen LogP contribution in [0.3, 0.4) is 0 Å². The zero-order chi connectivity index (χ0) is 12.7. The lowest BCUT2D eigenvalue weighted by Crippen LogP contribution is -2.28. The first-order valence-corrected chi connectivity index (χ1v) is 6.51. The average Bonchev–Trinajstić information content (AvgIpc) is 2.33. The minimum atomic E-state index is 0. The summed E-state index contributed by atoms with van der Waals surface area (Å²) in [4.78, 5) is 2.31. The fourth-order valence-corrected chi connectivity index (χ4v) is 1.94. The fraction of sp³-hybridized carbons (Fsp3) is 0.462. The van der Waals surface area contributed by atoms with Gasteiger partial charge in [0.1, 0.15) is 0 Å². The Morgan fingerprint density at radius 3 is 2.11 bits per heavy atom. The molecule has 0 aromatic heterocycles. The van der Waals surface area contributed by atoms with Crippen molar-refractivity contribution in [1.82, 2.24) is 5.32 Å². The predicted octanol–water partition coefficient (Wildman–Crippen LogP) is 3.26. The molecule has 102 valence electrons. The molecule has 0 saturated carbocycles. The van der Waals surface area contributed by atoms with Gasteiger partial charge in [0.2, 0.25) is 0 Å². The van der Waals surface area contributed by atoms with Crippen LogP contribution in [-0.4, -0.2) is 24.7 Å². The third kappa shape index (κ3) is 5.10. The molecule has 0 fully saturated rings. The minimum absolute atomic E-state index is 0. The van der Waals surface area contributed by atoms with Crippen molar-refractivity contribution in [1.29, 1.82) is 0 Å². The van der Waals surface area contributed by atoms with Gasteiger partial charge in [-0.15, -0.1) is 12.4 Å². The highest BCUT2D eigenvalue weighted by molar-refractivity contribution is 7.80. The quantitative estimate of drug-likeness (QED) is 0.813. The maximum absolute atomic E-state index is 5.13. The van der Waals surface area contributed by atoms with E-state index in [0.717, 1.165) is 25.3 Å². The van der Waals surface area contributed by atoms with E-state index in [1.807, 2.05) is 6.92 Å². The van der Waals surface area contributed by atoms with Gasteiger partial charge in [-0.25, -0.2) is 0 Å². The summed E-state index contributed by atoms with van der Waals surface area (Å²) < 4.78 is 0. The second kappa shape index (κ2) is 9.00. The highest BCUT2D eigenvalue weighted by atomic mass is 35.5. The molecule has 3 nitrogen and oxygen atoms in total. The summed E-state index contributed by atoms with van der Waals surface area (Å²) >= 11 is 5.13. The molecule has 0 aliphatic rings. The van der Waals surface area contributed by atoms with Crippen molar-refractivity contribution < 1.29 is 0 Å². The van der Waals surface area contributed by atoms with E-state index in [1.54, 1.807) is 0 Å². The van der Waals surface area contributed by atoms with Crippen LogP contribution >= 0.6 is 24.6 Å². The topological polar surface area (TPSA) is 27.3 Å². The third-order valence-corrected chi connectivity index (χ3v) is 2.84. The van der Waals surface area contributed by atoms with Crippen molar-refractivity contribution in [2.24, 2.45) is 0 Å². The summed E-state index contributed by atoms with van der Waals surface area (Å²) in [5, 5.41) is 6.88. The molecule has 0 atom stereocenters. The van der Waals surface area contributed by atoms with Gasteiger partial charge in [0.25, 0.3) is 0 Å². The van der Waals surface area contributed by atoms with E-state index in [2.05, 4.69) is 53.6 Å². The Morgan fingerprint density at radius 2 is 1.67 bits per heavy atom. The molecule has 0 bridgehead atoms. The molecule has 1 aromatic rings. The van der Waals surface area contributed by atoms with Crippen molar-refractivity contribution in [2.75, 3.05) is 29.9 Å². The monoisotopic (exact) mass is 287 g/mol. The van der Waals surface area contributed by atoms with Gasteiger partial charge in [-0.3, -0.25) is 0 Å². The molecular formula is C13H22ClN3S. The second-order valence-electron chi connectivity index (χ2n) is 3.70. The zero-order valence-electron chi connectivity index (χ0n) is 11.2. The molecule has 0 aliphatic heterocycles. The van der Waals surface area contributed by atoms with Gasteiger partial charge in [0.15, 0.2) is 5.11 Å². The van der Waals surface area contributed by atoms with E-state index in [-0.39, 0.29) is 12.4 Å². The molecule has 0 heterocycles. The number of nitrogens with one attached hydrogen (secondary N) is 2. The largest absolute Gasteiger partial charge is 0.372 e. The smallest absolute Gasteiger partial charge is 0.170 e. The minimum Gasteiger partial charge on any atom is -0.372 e. The first kappa shape index (κ1) is 17.0. The van der Waals surface area contributed by atoms with E-state index < -0.39 is 0 Å². The van der Waals surface area contributed by atoms with E-state index in [0.29, 0.717) is 5.11 Å². The molecule has 0 unspecified atom stereocenters. The summed E-state index contributed by atoms with van der Waals surface area (Å²) in [5.41, 5.74) is 2.27. The van der Waals surface area contributed by atoms with Gasteiger partial charge >= 0.3 is 0 Å². The van der Waals surface area contributed by atoms with E-state index in [9.17, 15) is 0 Å². The Hall–Kier alpha value is -1.00. The van der Waals surface area contributed by atoms with Crippen LogP contribution < -0.4 is 15.5 Å². The number of nitrogens with zero attached hydrogens (tertiary/aromatic N) is 1. The first-order chi connectivity index (χ1) is 8.21. The number of thiocarbonyl (C=S) groups is 1. The first-order valence-electron chi connectivity index (χ1n) is 6.11. The summed E-state index contributed by atoms with van der Waals surface area (Å²) in [6, 6.07) is 8.34. The lowest BCUT2D eigenvalue weighted by molar-refractivity contribution is 0.866. The highest BCUT2D eigenvalue weighted by Gasteiger charge is 2.01. The van der Waals surface area contributed by atoms with Crippen LogP contribution in [0.2, 0.25) is 0 Å². The number of hydrogen-bond donors (Lipinski definition) is 2. The lowest BCUT2D eigenvalue weighted by Gasteiger charge is -2.21. The van der Waals surface area contributed by atoms with Crippen molar-refractivity contribution in [2.45, 2.75) is 20.8 Å². The second-order valence-corrected chi connectivity index (χ2v) is 4.11. The van der Waals surface area contributed by atoms with Crippen LogP contribution in [0.1, 0.15) is 20.8 Å². The Bertz CT molecular complexity index is 350. The van der Waals surface area contributed by atoms with Gasteiger partial charge in [-0.1, -0.05) is 0 Å². The molecule has 2 N–H and O–H groups in total. The summed E-state index contributed by atoms with van der Waals surface area (Å²) in [6.07, 6.45) is 0. The van der Waals surface area contributed by atoms with Crippen molar-refractivity contribution in [3.8, 4) is 0 Å². The Labute approximate surface area is 121 Å². The van der Waals surface area contributed by atoms with Crippen LogP contribution in [0.4, 0.5) is 11.4 Å². The molecule has 1 rings (SSSR count). The van der Waals surface area contributed by atoms with Crippen LogP contribution in [0.5, 0.6) is 0 Å². The molecule has 18 heavy (non-hydrogen) atoms. The average molecular weight is 288 g/mol. The van der Waals surface area contributed by atoms with Crippen LogP contribution in [0.15, 0.2) is 24.3 Å². The number of rotatable bonds is 5. The van der Waals surface area contributed by atoms with Gasteiger partial charge in [-0.2, -0.15) is 0 Å². The SMILES string of the molecule is CCNC(=S)Nc1ccc(N(CC)CC)cc1.Cl. The molecule has 1 aromatic carbocycles. The van der Waals surface area contributed by atoms with Crippen LogP contribution in [0, 0.1) is 0 Å². The number of hydrogen-bond acceptors (Lipinski definition) is 2. The van der Waals surface area contributed by atoms with E-state index in [4.69, 9.17) is 12.2 Å². The summed E-state index contributed by atoms with van der Waals surface area (Å²) in [6.45, 7) is 9.24. The van der Waals surface area contributed by atoms with Crippen LogP contribution in [0.25, 0.3) is 0 Å². The van der Waals surface area contributed by atoms with Gasteiger partial charge in [0, 0.05) is 31.0 Å². The molecule has 0 amide bonds. The van der Waals surface area contributed by atoms with Crippen LogP contribution in [-0.2, 0) is 0 Å². The van der Waals surface area contributed by atoms with Crippen molar-refractivity contribution in [3.63, 3.8) is 0 Å². The third-order valence-electron chi connectivity index (χ3n) is 2.59. The Morgan fingerprint density at radius 1 is 1.11 bits per heavy atom. The van der Waals surface area contributed by atoms with E-state index >= 15 is 0 Å². The number of benzene rings is 1.